The predicted molar refractivity (Wildman–Crippen MR) is 120 cm³/mol. The van der Waals surface area contributed by atoms with Gasteiger partial charge in [0.05, 0.1) is 12.1 Å². The standard InChI is InChI=1S/C18H28N6.C4H10/c1-23(2)11-5-8-20-18-15-6-3-4-7-16(15)21-17(22-18)14-24-12-9-19-10-13-24;1-4(2)3/h3-4,6-7,19H,5,8-14H2,1-2H3,(H,20,21,22);4H,1-3H3. The molecule has 6 nitrogen and oxygen atoms in total. The van der Waals surface area contributed by atoms with Gasteiger partial charge in [-0.2, -0.15) is 0 Å². The first-order valence-electron chi connectivity index (χ1n) is 10.5. The highest BCUT2D eigenvalue weighted by Gasteiger charge is 2.13. The van der Waals surface area contributed by atoms with Crippen LogP contribution in [0.3, 0.4) is 0 Å². The molecule has 2 heterocycles. The molecular weight excluding hydrogens is 348 g/mol. The summed E-state index contributed by atoms with van der Waals surface area (Å²) in [6.07, 6.45) is 1.10. The second-order valence-corrected chi connectivity index (χ2v) is 8.35. The molecule has 1 fully saturated rings. The lowest BCUT2D eigenvalue weighted by Crippen LogP contribution is -2.43. The largest absolute Gasteiger partial charge is 0.369 e. The summed E-state index contributed by atoms with van der Waals surface area (Å²) in [7, 11) is 4.21. The first-order valence-corrected chi connectivity index (χ1v) is 10.5. The van der Waals surface area contributed by atoms with Crippen LogP contribution in [0.15, 0.2) is 24.3 Å². The van der Waals surface area contributed by atoms with E-state index in [9.17, 15) is 0 Å². The highest BCUT2D eigenvalue weighted by atomic mass is 15.2. The van der Waals surface area contributed by atoms with Gasteiger partial charge in [0.1, 0.15) is 11.6 Å². The van der Waals surface area contributed by atoms with Crippen LogP contribution >= 0.6 is 0 Å². The molecule has 0 unspecified atom stereocenters. The number of anilines is 1. The highest BCUT2D eigenvalue weighted by molar-refractivity contribution is 5.88. The molecule has 0 radical (unpaired) electrons. The van der Waals surface area contributed by atoms with Crippen molar-refractivity contribution >= 4 is 16.7 Å². The van der Waals surface area contributed by atoms with Gasteiger partial charge in [-0.05, 0) is 45.1 Å². The molecule has 0 saturated carbocycles. The van der Waals surface area contributed by atoms with Gasteiger partial charge in [-0.3, -0.25) is 4.90 Å². The fourth-order valence-electron chi connectivity index (χ4n) is 3.00. The van der Waals surface area contributed by atoms with Crippen LogP contribution in [-0.2, 0) is 6.54 Å². The lowest BCUT2D eigenvalue weighted by Gasteiger charge is -2.26. The molecule has 28 heavy (non-hydrogen) atoms. The second kappa shape index (κ2) is 11.9. The number of hydrogen-bond donors (Lipinski definition) is 2. The molecule has 0 bridgehead atoms. The lowest BCUT2D eigenvalue weighted by molar-refractivity contribution is 0.228. The molecule has 1 aliphatic heterocycles. The molecule has 1 aromatic carbocycles. The average Bonchev–Trinajstić information content (AvgIpc) is 2.65. The van der Waals surface area contributed by atoms with Crippen LogP contribution in [0.25, 0.3) is 10.9 Å². The average molecular weight is 387 g/mol. The van der Waals surface area contributed by atoms with Gasteiger partial charge >= 0.3 is 0 Å². The molecule has 6 heteroatoms. The van der Waals surface area contributed by atoms with Crippen molar-refractivity contribution in [1.29, 1.82) is 0 Å². The van der Waals surface area contributed by atoms with E-state index in [4.69, 9.17) is 9.97 Å². The van der Waals surface area contributed by atoms with Crippen LogP contribution in [0.2, 0.25) is 0 Å². The fourth-order valence-corrected chi connectivity index (χ4v) is 3.00. The Morgan fingerprint density at radius 3 is 2.46 bits per heavy atom. The number of aromatic nitrogens is 2. The third kappa shape index (κ3) is 8.09. The Bertz CT molecular complexity index is 692. The summed E-state index contributed by atoms with van der Waals surface area (Å²) in [5, 5.41) is 8.00. The van der Waals surface area contributed by atoms with E-state index in [1.807, 2.05) is 12.1 Å². The lowest BCUT2D eigenvalue weighted by atomic mass is 10.2. The number of nitrogens with zero attached hydrogens (tertiary/aromatic N) is 4. The summed E-state index contributed by atoms with van der Waals surface area (Å²) < 4.78 is 0. The van der Waals surface area contributed by atoms with Crippen molar-refractivity contribution in [1.82, 2.24) is 25.1 Å². The quantitative estimate of drug-likeness (QED) is 0.714. The summed E-state index contributed by atoms with van der Waals surface area (Å²) in [6.45, 7) is 13.5. The summed E-state index contributed by atoms with van der Waals surface area (Å²) in [5.74, 6) is 2.70. The SMILES string of the molecule is CC(C)C.CN(C)CCCNc1nc(CN2CCNCC2)nc2ccccc12. The van der Waals surface area contributed by atoms with E-state index in [0.717, 1.165) is 80.7 Å². The maximum absolute atomic E-state index is 4.81. The van der Waals surface area contributed by atoms with Crippen molar-refractivity contribution in [3.05, 3.63) is 30.1 Å². The Balaban J connectivity index is 0.000000640. The van der Waals surface area contributed by atoms with Crippen molar-refractivity contribution < 1.29 is 0 Å². The van der Waals surface area contributed by atoms with Crippen LogP contribution in [-0.4, -0.2) is 73.1 Å². The normalized spacial score (nSPS) is 15.0. The zero-order chi connectivity index (χ0) is 20.4. The number of piperazine rings is 1. The Morgan fingerprint density at radius 2 is 1.79 bits per heavy atom. The molecule has 1 saturated heterocycles. The number of hydrogen-bond acceptors (Lipinski definition) is 6. The van der Waals surface area contributed by atoms with Gasteiger partial charge in [0, 0.05) is 38.1 Å². The molecule has 156 valence electrons. The minimum absolute atomic E-state index is 0.818. The van der Waals surface area contributed by atoms with Gasteiger partial charge in [0.15, 0.2) is 0 Å². The van der Waals surface area contributed by atoms with E-state index >= 15 is 0 Å². The van der Waals surface area contributed by atoms with Gasteiger partial charge in [-0.25, -0.2) is 9.97 Å². The van der Waals surface area contributed by atoms with E-state index in [0.29, 0.717) is 0 Å². The second-order valence-electron chi connectivity index (χ2n) is 8.35. The first-order chi connectivity index (χ1) is 13.5. The monoisotopic (exact) mass is 386 g/mol. The zero-order valence-corrected chi connectivity index (χ0v) is 18.3. The number of rotatable bonds is 7. The van der Waals surface area contributed by atoms with E-state index in [1.165, 1.54) is 0 Å². The van der Waals surface area contributed by atoms with Crippen molar-refractivity contribution in [3.8, 4) is 0 Å². The minimum atomic E-state index is 0.818. The van der Waals surface area contributed by atoms with E-state index in [2.05, 4.69) is 67.4 Å². The van der Waals surface area contributed by atoms with Crippen molar-refractivity contribution in [2.45, 2.75) is 33.7 Å². The zero-order valence-electron chi connectivity index (χ0n) is 18.3. The van der Waals surface area contributed by atoms with Crippen LogP contribution in [0, 0.1) is 5.92 Å². The molecule has 0 atom stereocenters. The molecule has 3 rings (SSSR count). The Hall–Kier alpha value is -1.76. The number of fused-ring (bicyclic) bond motifs is 1. The molecule has 2 aromatic rings. The minimum Gasteiger partial charge on any atom is -0.369 e. The fraction of sp³-hybridized carbons (Fsp3) is 0.636. The van der Waals surface area contributed by atoms with Crippen molar-refractivity contribution in [3.63, 3.8) is 0 Å². The Labute approximate surface area is 170 Å². The summed E-state index contributed by atoms with van der Waals surface area (Å²) in [6, 6.07) is 8.26. The van der Waals surface area contributed by atoms with Gasteiger partial charge in [0.2, 0.25) is 0 Å². The highest BCUT2D eigenvalue weighted by Crippen LogP contribution is 2.20. The van der Waals surface area contributed by atoms with Crippen molar-refractivity contribution in [2.24, 2.45) is 5.92 Å². The summed E-state index contributed by atoms with van der Waals surface area (Å²) >= 11 is 0. The van der Waals surface area contributed by atoms with Gasteiger partial charge < -0.3 is 15.5 Å². The molecule has 0 aliphatic carbocycles. The molecule has 0 amide bonds. The van der Waals surface area contributed by atoms with E-state index in [1.54, 1.807) is 0 Å². The summed E-state index contributed by atoms with van der Waals surface area (Å²) in [5.41, 5.74) is 1.02. The predicted octanol–water partition coefficient (Wildman–Crippen LogP) is 3.06. The number of para-hydroxylation sites is 1. The van der Waals surface area contributed by atoms with E-state index < -0.39 is 0 Å². The van der Waals surface area contributed by atoms with Crippen LogP contribution in [0.5, 0.6) is 0 Å². The number of benzene rings is 1. The van der Waals surface area contributed by atoms with E-state index in [-0.39, 0.29) is 0 Å². The first kappa shape index (κ1) is 22.5. The van der Waals surface area contributed by atoms with Crippen LogP contribution in [0.1, 0.15) is 33.0 Å². The molecule has 0 spiro atoms. The molecule has 1 aliphatic rings. The van der Waals surface area contributed by atoms with Gasteiger partial charge in [0.25, 0.3) is 0 Å². The number of nitrogens with one attached hydrogen (secondary N) is 2. The Kier molecular flexibility index (Phi) is 9.61. The topological polar surface area (TPSA) is 56.3 Å². The maximum Gasteiger partial charge on any atom is 0.145 e. The third-order valence-corrected chi connectivity index (χ3v) is 4.30. The third-order valence-electron chi connectivity index (χ3n) is 4.30. The molecule has 1 aromatic heterocycles. The van der Waals surface area contributed by atoms with Crippen molar-refractivity contribution in [2.75, 3.05) is 58.7 Å². The summed E-state index contributed by atoms with van der Waals surface area (Å²) in [4.78, 5) is 14.2. The van der Waals surface area contributed by atoms with Gasteiger partial charge in [-0.1, -0.05) is 32.9 Å². The smallest absolute Gasteiger partial charge is 0.145 e. The van der Waals surface area contributed by atoms with Crippen LogP contribution < -0.4 is 10.6 Å². The molecular formula is C22H38N6. The van der Waals surface area contributed by atoms with Gasteiger partial charge in [-0.15, -0.1) is 0 Å². The van der Waals surface area contributed by atoms with Crippen LogP contribution in [0.4, 0.5) is 5.82 Å². The molecule has 2 N–H and O–H groups in total. The Morgan fingerprint density at radius 1 is 1.11 bits per heavy atom. The maximum atomic E-state index is 4.81.